The summed E-state index contributed by atoms with van der Waals surface area (Å²) >= 11 is 1.70. The monoisotopic (exact) mass is 227 g/mol. The van der Waals surface area contributed by atoms with Crippen LogP contribution in [0.1, 0.15) is 31.0 Å². The minimum Gasteiger partial charge on any atom is -0.327 e. The van der Waals surface area contributed by atoms with Crippen LogP contribution in [0.25, 0.3) is 0 Å². The average Bonchev–Trinajstić information content (AvgIpc) is 2.58. The van der Waals surface area contributed by atoms with Crippen molar-refractivity contribution in [2.45, 2.75) is 39.8 Å². The minimum atomic E-state index is 0.301. The van der Waals surface area contributed by atoms with Gasteiger partial charge in [0, 0.05) is 18.0 Å². The summed E-state index contributed by atoms with van der Waals surface area (Å²) in [6.07, 6.45) is 1.03. The van der Waals surface area contributed by atoms with E-state index in [1.807, 2.05) is 6.92 Å². The summed E-state index contributed by atoms with van der Waals surface area (Å²) in [5, 5.41) is 6.60. The van der Waals surface area contributed by atoms with E-state index in [0.29, 0.717) is 12.0 Å². The van der Waals surface area contributed by atoms with Crippen molar-refractivity contribution in [3.63, 3.8) is 0 Å². The Labute approximate surface area is 96.1 Å². The van der Waals surface area contributed by atoms with E-state index in [9.17, 15) is 0 Å². The van der Waals surface area contributed by atoms with Gasteiger partial charge < -0.3 is 11.1 Å². The molecule has 0 saturated carbocycles. The molecule has 1 rings (SSSR count). The second kappa shape index (κ2) is 6.20. The van der Waals surface area contributed by atoms with Gasteiger partial charge in [0.1, 0.15) is 0 Å². The zero-order chi connectivity index (χ0) is 11.3. The molecular weight excluding hydrogens is 206 g/mol. The molecule has 0 radical (unpaired) electrons. The highest BCUT2D eigenvalue weighted by Gasteiger charge is 2.06. The first-order chi connectivity index (χ1) is 7.09. The molecule has 1 atom stereocenters. The number of thiazole rings is 1. The molecule has 0 spiro atoms. The lowest BCUT2D eigenvalue weighted by atomic mass is 10.0. The number of rotatable bonds is 6. The van der Waals surface area contributed by atoms with Gasteiger partial charge in [-0.05, 0) is 25.8 Å². The summed E-state index contributed by atoms with van der Waals surface area (Å²) in [5.74, 6) is 0.563. The maximum atomic E-state index is 5.95. The Kier molecular flexibility index (Phi) is 5.22. The third-order valence-corrected chi connectivity index (χ3v) is 3.31. The van der Waals surface area contributed by atoms with Gasteiger partial charge in [-0.1, -0.05) is 13.8 Å². The van der Waals surface area contributed by atoms with Gasteiger partial charge in [-0.3, -0.25) is 0 Å². The molecule has 15 heavy (non-hydrogen) atoms. The van der Waals surface area contributed by atoms with E-state index < -0.39 is 0 Å². The van der Waals surface area contributed by atoms with Crippen LogP contribution >= 0.6 is 11.3 Å². The van der Waals surface area contributed by atoms with E-state index in [1.54, 1.807) is 11.3 Å². The third-order valence-electron chi connectivity index (χ3n) is 2.48. The van der Waals surface area contributed by atoms with Crippen LogP contribution in [0.5, 0.6) is 0 Å². The molecule has 4 heteroatoms. The first-order valence-electron chi connectivity index (χ1n) is 5.47. The summed E-state index contributed by atoms with van der Waals surface area (Å²) in [4.78, 5) is 4.39. The molecule has 3 nitrogen and oxygen atoms in total. The van der Waals surface area contributed by atoms with Crippen molar-refractivity contribution in [1.29, 1.82) is 0 Å². The number of hydrogen-bond acceptors (Lipinski definition) is 4. The van der Waals surface area contributed by atoms with Gasteiger partial charge in [0.2, 0.25) is 0 Å². The number of hydrogen-bond donors (Lipinski definition) is 2. The van der Waals surface area contributed by atoms with E-state index in [2.05, 4.69) is 29.5 Å². The van der Waals surface area contributed by atoms with Gasteiger partial charge in [0.15, 0.2) is 0 Å². The van der Waals surface area contributed by atoms with Gasteiger partial charge in [-0.2, -0.15) is 0 Å². The number of nitrogens with zero attached hydrogens (tertiary/aromatic N) is 1. The highest BCUT2D eigenvalue weighted by molar-refractivity contribution is 7.09. The normalized spacial score (nSPS) is 13.4. The number of nitrogens with one attached hydrogen (secondary N) is 1. The van der Waals surface area contributed by atoms with E-state index in [4.69, 9.17) is 5.73 Å². The summed E-state index contributed by atoms with van der Waals surface area (Å²) in [6, 6.07) is 0.301. The molecule has 86 valence electrons. The lowest BCUT2D eigenvalue weighted by molar-refractivity contribution is 0.449. The summed E-state index contributed by atoms with van der Waals surface area (Å²) < 4.78 is 0. The fraction of sp³-hybridized carbons (Fsp3) is 0.727. The quantitative estimate of drug-likeness (QED) is 0.730. The lowest BCUT2D eigenvalue weighted by Crippen LogP contribution is -2.30. The zero-order valence-electron chi connectivity index (χ0n) is 9.79. The van der Waals surface area contributed by atoms with Crippen LogP contribution in [0.2, 0.25) is 0 Å². The maximum absolute atomic E-state index is 5.95. The molecule has 0 aliphatic carbocycles. The number of aromatic nitrogens is 1. The van der Waals surface area contributed by atoms with Crippen LogP contribution in [0.3, 0.4) is 0 Å². The van der Waals surface area contributed by atoms with Crippen molar-refractivity contribution in [2.24, 2.45) is 11.7 Å². The Morgan fingerprint density at radius 2 is 2.27 bits per heavy atom. The van der Waals surface area contributed by atoms with Crippen molar-refractivity contribution < 1.29 is 0 Å². The van der Waals surface area contributed by atoms with E-state index in [-0.39, 0.29) is 0 Å². The van der Waals surface area contributed by atoms with Crippen molar-refractivity contribution in [2.75, 3.05) is 6.54 Å². The maximum Gasteiger partial charge on any atom is 0.0897 e. The van der Waals surface area contributed by atoms with Gasteiger partial charge in [-0.25, -0.2) is 4.98 Å². The van der Waals surface area contributed by atoms with Crippen LogP contribution in [0.4, 0.5) is 0 Å². The Balaban J connectivity index is 2.12. The minimum absolute atomic E-state index is 0.301. The van der Waals surface area contributed by atoms with Crippen molar-refractivity contribution in [3.8, 4) is 0 Å². The predicted molar refractivity (Wildman–Crippen MR) is 66.0 cm³/mol. The van der Waals surface area contributed by atoms with Crippen molar-refractivity contribution in [1.82, 2.24) is 10.3 Å². The molecule has 0 fully saturated rings. The molecule has 0 amide bonds. The smallest absolute Gasteiger partial charge is 0.0897 e. The third kappa shape index (κ3) is 4.73. The Morgan fingerprint density at radius 1 is 1.53 bits per heavy atom. The van der Waals surface area contributed by atoms with Crippen molar-refractivity contribution >= 4 is 11.3 Å². The predicted octanol–water partition coefficient (Wildman–Crippen LogP) is 1.91. The Bertz CT molecular complexity index is 283. The molecule has 1 heterocycles. The molecule has 3 N–H and O–H groups in total. The van der Waals surface area contributed by atoms with E-state index >= 15 is 0 Å². The molecule has 0 bridgehead atoms. The number of aryl methyl sites for hydroxylation is 1. The molecule has 0 aliphatic heterocycles. The van der Waals surface area contributed by atoms with E-state index in [1.165, 1.54) is 0 Å². The molecule has 0 saturated heterocycles. The lowest BCUT2D eigenvalue weighted by Gasteiger charge is -2.15. The standard InChI is InChI=1S/C11H21N3S/c1-8(2)11(12)4-5-13-6-10-7-15-9(3)14-10/h7-8,11,13H,4-6,12H2,1-3H3. The van der Waals surface area contributed by atoms with Crippen LogP contribution < -0.4 is 11.1 Å². The molecule has 1 aromatic heterocycles. The first-order valence-corrected chi connectivity index (χ1v) is 6.35. The summed E-state index contributed by atoms with van der Waals surface area (Å²) in [7, 11) is 0. The van der Waals surface area contributed by atoms with Gasteiger partial charge in [0.05, 0.1) is 10.7 Å². The highest BCUT2D eigenvalue weighted by Crippen LogP contribution is 2.07. The Morgan fingerprint density at radius 3 is 2.80 bits per heavy atom. The molecular formula is C11H21N3S. The van der Waals surface area contributed by atoms with E-state index in [0.717, 1.165) is 30.2 Å². The largest absolute Gasteiger partial charge is 0.327 e. The van der Waals surface area contributed by atoms with Crippen LogP contribution in [-0.4, -0.2) is 17.6 Å². The fourth-order valence-corrected chi connectivity index (χ4v) is 1.92. The van der Waals surface area contributed by atoms with Gasteiger partial charge >= 0.3 is 0 Å². The summed E-state index contributed by atoms with van der Waals surface area (Å²) in [5.41, 5.74) is 7.08. The van der Waals surface area contributed by atoms with Crippen LogP contribution in [-0.2, 0) is 6.54 Å². The molecule has 1 aromatic rings. The SMILES string of the molecule is Cc1nc(CNCCC(N)C(C)C)cs1. The molecule has 1 unspecified atom stereocenters. The first kappa shape index (κ1) is 12.6. The fourth-order valence-electron chi connectivity index (χ4n) is 1.31. The number of nitrogens with two attached hydrogens (primary N) is 1. The average molecular weight is 227 g/mol. The van der Waals surface area contributed by atoms with Gasteiger partial charge in [-0.15, -0.1) is 11.3 Å². The van der Waals surface area contributed by atoms with Gasteiger partial charge in [0.25, 0.3) is 0 Å². The zero-order valence-corrected chi connectivity index (χ0v) is 10.6. The molecule has 0 aliphatic rings. The van der Waals surface area contributed by atoms with Crippen LogP contribution in [0, 0.1) is 12.8 Å². The second-order valence-corrected chi connectivity index (χ2v) is 5.29. The topological polar surface area (TPSA) is 50.9 Å². The van der Waals surface area contributed by atoms with Crippen molar-refractivity contribution in [3.05, 3.63) is 16.1 Å². The van der Waals surface area contributed by atoms with Crippen LogP contribution in [0.15, 0.2) is 5.38 Å². The highest BCUT2D eigenvalue weighted by atomic mass is 32.1. The second-order valence-electron chi connectivity index (χ2n) is 4.23. The Hall–Kier alpha value is -0.450. The molecule has 0 aromatic carbocycles. The summed E-state index contributed by atoms with van der Waals surface area (Å²) in [6.45, 7) is 8.18.